The van der Waals surface area contributed by atoms with Crippen LogP contribution in [0.5, 0.6) is 11.5 Å². The normalized spacial score (nSPS) is 18.1. The van der Waals surface area contributed by atoms with Gasteiger partial charge in [-0.05, 0) is 48.6 Å². The summed E-state index contributed by atoms with van der Waals surface area (Å²) in [5.74, 6) is 2.80. The Bertz CT molecular complexity index is 1100. The zero-order chi connectivity index (χ0) is 20.7. The fraction of sp³-hybridized carbons (Fsp3) is 0.318. The number of aromatic nitrogens is 4. The molecule has 3 heterocycles. The van der Waals surface area contributed by atoms with Gasteiger partial charge in [0.2, 0.25) is 0 Å². The van der Waals surface area contributed by atoms with Crippen molar-refractivity contribution in [2.75, 3.05) is 19.1 Å². The predicted octanol–water partition coefficient (Wildman–Crippen LogP) is 3.45. The van der Waals surface area contributed by atoms with E-state index in [0.29, 0.717) is 40.4 Å². The Kier molecular flexibility index (Phi) is 4.54. The van der Waals surface area contributed by atoms with Crippen LogP contribution in [0.2, 0.25) is 0 Å². The Morgan fingerprint density at radius 1 is 0.967 bits per heavy atom. The molecule has 30 heavy (non-hydrogen) atoms. The van der Waals surface area contributed by atoms with Gasteiger partial charge in [0.1, 0.15) is 5.82 Å². The van der Waals surface area contributed by atoms with E-state index in [9.17, 15) is 4.79 Å². The average molecular weight is 403 g/mol. The molecule has 1 fully saturated rings. The molecule has 5 rings (SSSR count). The molecule has 2 aliphatic rings. The van der Waals surface area contributed by atoms with Gasteiger partial charge >= 0.3 is 0 Å². The van der Waals surface area contributed by atoms with Gasteiger partial charge < -0.3 is 9.47 Å². The molecule has 1 saturated carbocycles. The van der Waals surface area contributed by atoms with Gasteiger partial charge in [0, 0.05) is 24.2 Å². The van der Waals surface area contributed by atoms with Gasteiger partial charge in [-0.15, -0.1) is 0 Å². The number of nitrogens with zero attached hydrogens (tertiary/aromatic N) is 5. The zero-order valence-electron chi connectivity index (χ0n) is 16.8. The second kappa shape index (κ2) is 7.37. The van der Waals surface area contributed by atoms with Gasteiger partial charge in [-0.2, -0.15) is 0 Å². The fourth-order valence-corrected chi connectivity index (χ4v) is 4.19. The quantitative estimate of drug-likeness (QED) is 0.644. The van der Waals surface area contributed by atoms with Crippen LogP contribution in [0.3, 0.4) is 0 Å². The van der Waals surface area contributed by atoms with Crippen molar-refractivity contribution in [2.24, 2.45) is 5.92 Å². The molecule has 1 aliphatic heterocycles. The SMILES string of the molecule is COc1cc2c(cc1OC)[C@@H](C1CCC1)N(c1ccnc(-c3ncccn3)n1)C2=O. The summed E-state index contributed by atoms with van der Waals surface area (Å²) in [7, 11) is 3.18. The van der Waals surface area contributed by atoms with E-state index in [0.717, 1.165) is 18.4 Å². The van der Waals surface area contributed by atoms with Crippen LogP contribution in [0.25, 0.3) is 11.6 Å². The second-order valence-electron chi connectivity index (χ2n) is 7.42. The van der Waals surface area contributed by atoms with E-state index in [1.165, 1.54) is 6.42 Å². The molecule has 152 valence electrons. The first-order chi connectivity index (χ1) is 14.7. The molecule has 8 nitrogen and oxygen atoms in total. The standard InChI is InChI=1S/C22H21N5O3/c1-29-16-11-14-15(12-17(16)30-2)22(28)27(19(14)13-5-3-6-13)18-7-10-25-21(26-18)20-23-8-4-9-24-20/h4,7-13,19H,3,5-6H2,1-2H3/t19-/m1/s1. The molecule has 0 unspecified atom stereocenters. The van der Waals surface area contributed by atoms with E-state index in [1.807, 2.05) is 6.07 Å². The van der Waals surface area contributed by atoms with E-state index in [4.69, 9.17) is 9.47 Å². The monoisotopic (exact) mass is 403 g/mol. The molecule has 1 amide bonds. The number of rotatable bonds is 5. The Hall–Kier alpha value is -3.55. The third-order valence-corrected chi connectivity index (χ3v) is 5.85. The molecular weight excluding hydrogens is 382 g/mol. The maximum Gasteiger partial charge on any atom is 0.260 e. The highest BCUT2D eigenvalue weighted by atomic mass is 16.5. The van der Waals surface area contributed by atoms with Crippen LogP contribution in [0.15, 0.2) is 42.9 Å². The predicted molar refractivity (Wildman–Crippen MR) is 109 cm³/mol. The number of carbonyl (C=O) groups excluding carboxylic acids is 1. The van der Waals surface area contributed by atoms with Crippen molar-refractivity contribution in [1.29, 1.82) is 0 Å². The minimum Gasteiger partial charge on any atom is -0.493 e. The molecule has 1 atom stereocenters. The Morgan fingerprint density at radius 2 is 1.67 bits per heavy atom. The second-order valence-corrected chi connectivity index (χ2v) is 7.42. The van der Waals surface area contributed by atoms with E-state index in [2.05, 4.69) is 19.9 Å². The summed E-state index contributed by atoms with van der Waals surface area (Å²) in [5, 5.41) is 0. The largest absolute Gasteiger partial charge is 0.493 e. The Morgan fingerprint density at radius 3 is 2.33 bits per heavy atom. The van der Waals surface area contributed by atoms with Crippen molar-refractivity contribution >= 4 is 11.7 Å². The van der Waals surface area contributed by atoms with Gasteiger partial charge in [-0.1, -0.05) is 6.42 Å². The number of fused-ring (bicyclic) bond motifs is 1. The number of ether oxygens (including phenoxy) is 2. The van der Waals surface area contributed by atoms with Gasteiger partial charge in [0.05, 0.1) is 20.3 Å². The molecule has 0 saturated heterocycles. The lowest BCUT2D eigenvalue weighted by Gasteiger charge is -2.37. The molecule has 0 N–H and O–H groups in total. The molecule has 0 bridgehead atoms. The molecule has 1 aliphatic carbocycles. The van der Waals surface area contributed by atoms with Crippen molar-refractivity contribution in [3.8, 4) is 23.1 Å². The summed E-state index contributed by atoms with van der Waals surface area (Å²) in [6.45, 7) is 0. The van der Waals surface area contributed by atoms with Crippen molar-refractivity contribution in [1.82, 2.24) is 19.9 Å². The minimum atomic E-state index is -0.0968. The third-order valence-electron chi connectivity index (χ3n) is 5.85. The number of hydrogen-bond donors (Lipinski definition) is 0. The Balaban J connectivity index is 1.62. The number of amides is 1. The lowest BCUT2D eigenvalue weighted by molar-refractivity contribution is 0.0976. The maximum atomic E-state index is 13.5. The lowest BCUT2D eigenvalue weighted by atomic mass is 9.77. The molecular formula is C22H21N5O3. The highest BCUT2D eigenvalue weighted by molar-refractivity contribution is 6.11. The van der Waals surface area contributed by atoms with Gasteiger partial charge in [-0.3, -0.25) is 9.69 Å². The average Bonchev–Trinajstić information content (AvgIpc) is 3.03. The number of benzene rings is 1. The topological polar surface area (TPSA) is 90.3 Å². The van der Waals surface area contributed by atoms with E-state index in [-0.39, 0.29) is 11.9 Å². The maximum absolute atomic E-state index is 13.5. The van der Waals surface area contributed by atoms with E-state index in [1.54, 1.807) is 55.9 Å². The summed E-state index contributed by atoms with van der Waals surface area (Å²) >= 11 is 0. The summed E-state index contributed by atoms with van der Waals surface area (Å²) in [4.78, 5) is 32.7. The number of hydrogen-bond acceptors (Lipinski definition) is 7. The van der Waals surface area contributed by atoms with E-state index < -0.39 is 0 Å². The smallest absolute Gasteiger partial charge is 0.260 e. The molecule has 0 spiro atoms. The summed E-state index contributed by atoms with van der Waals surface area (Å²) in [5.41, 5.74) is 1.58. The van der Waals surface area contributed by atoms with Crippen LogP contribution in [-0.4, -0.2) is 40.1 Å². The van der Waals surface area contributed by atoms with Crippen molar-refractivity contribution in [2.45, 2.75) is 25.3 Å². The first-order valence-electron chi connectivity index (χ1n) is 9.91. The van der Waals surface area contributed by atoms with Crippen LogP contribution in [0.1, 0.15) is 41.2 Å². The van der Waals surface area contributed by atoms with Gasteiger partial charge in [0.15, 0.2) is 23.1 Å². The van der Waals surface area contributed by atoms with Crippen LogP contribution in [0.4, 0.5) is 5.82 Å². The summed E-state index contributed by atoms with van der Waals surface area (Å²) in [6, 6.07) is 7.10. The number of anilines is 1. The van der Waals surface area contributed by atoms with E-state index >= 15 is 0 Å². The van der Waals surface area contributed by atoms with Crippen LogP contribution in [0, 0.1) is 5.92 Å². The molecule has 0 radical (unpaired) electrons. The van der Waals surface area contributed by atoms with Crippen LogP contribution in [-0.2, 0) is 0 Å². The van der Waals surface area contributed by atoms with Gasteiger partial charge in [-0.25, -0.2) is 19.9 Å². The van der Waals surface area contributed by atoms with Crippen LogP contribution >= 0.6 is 0 Å². The number of methoxy groups -OCH3 is 2. The highest BCUT2D eigenvalue weighted by Crippen LogP contribution is 2.50. The minimum absolute atomic E-state index is 0.0958. The first kappa shape index (κ1) is 18.5. The third kappa shape index (κ3) is 2.87. The summed E-state index contributed by atoms with van der Waals surface area (Å²) in [6.07, 6.45) is 8.24. The highest BCUT2D eigenvalue weighted by Gasteiger charge is 2.45. The lowest BCUT2D eigenvalue weighted by Crippen LogP contribution is -2.35. The molecule has 1 aromatic carbocycles. The Labute approximate surface area is 173 Å². The fourth-order valence-electron chi connectivity index (χ4n) is 4.19. The molecule has 3 aromatic rings. The first-order valence-corrected chi connectivity index (χ1v) is 9.91. The van der Waals surface area contributed by atoms with Gasteiger partial charge in [0.25, 0.3) is 5.91 Å². The number of carbonyl (C=O) groups is 1. The van der Waals surface area contributed by atoms with Crippen LogP contribution < -0.4 is 14.4 Å². The van der Waals surface area contributed by atoms with Crippen molar-refractivity contribution < 1.29 is 14.3 Å². The van der Waals surface area contributed by atoms with Crippen molar-refractivity contribution in [3.05, 3.63) is 54.0 Å². The molecule has 8 heteroatoms. The molecule has 2 aromatic heterocycles. The zero-order valence-corrected chi connectivity index (χ0v) is 16.8. The summed E-state index contributed by atoms with van der Waals surface area (Å²) < 4.78 is 10.9. The van der Waals surface area contributed by atoms with Crippen molar-refractivity contribution in [3.63, 3.8) is 0 Å².